The second kappa shape index (κ2) is 9.41. The Hall–Kier alpha value is -1.10. The van der Waals surface area contributed by atoms with Crippen molar-refractivity contribution in [3.63, 3.8) is 0 Å². The van der Waals surface area contributed by atoms with Crippen LogP contribution >= 0.6 is 0 Å². The maximum absolute atomic E-state index is 11.0. The normalized spacial score (nSPS) is 33.9. The number of benzene rings is 1. The van der Waals surface area contributed by atoms with E-state index in [1.54, 1.807) is 6.08 Å². The summed E-state index contributed by atoms with van der Waals surface area (Å²) in [5, 5.41) is 32.5. The first-order valence-electron chi connectivity index (χ1n) is 10.8. The Balaban J connectivity index is 1.74. The molecule has 0 saturated carbocycles. The van der Waals surface area contributed by atoms with Crippen LogP contribution in [0.1, 0.15) is 38.0 Å². The summed E-state index contributed by atoms with van der Waals surface area (Å²) >= 11 is 0. The summed E-state index contributed by atoms with van der Waals surface area (Å²) in [6, 6.07) is 7.51. The molecule has 0 spiro atoms. The number of ether oxygens (including phenoxy) is 3. The Morgan fingerprint density at radius 3 is 2.39 bits per heavy atom. The Labute approximate surface area is 185 Å². The van der Waals surface area contributed by atoms with Gasteiger partial charge in [0.25, 0.3) is 0 Å². The van der Waals surface area contributed by atoms with Crippen LogP contribution in [0.5, 0.6) is 0 Å². The van der Waals surface area contributed by atoms with Gasteiger partial charge in [0.05, 0.1) is 6.61 Å². The lowest BCUT2D eigenvalue weighted by atomic mass is 9.92. The monoisotopic (exact) mass is 452 g/mol. The predicted octanol–water partition coefficient (Wildman–Crippen LogP) is 2.62. The van der Waals surface area contributed by atoms with Gasteiger partial charge in [-0.25, -0.2) is 0 Å². The lowest BCUT2D eigenvalue weighted by molar-refractivity contribution is -0.307. The van der Waals surface area contributed by atoms with E-state index >= 15 is 0 Å². The highest BCUT2D eigenvalue weighted by Crippen LogP contribution is 2.38. The molecule has 7 nitrogen and oxygen atoms in total. The molecule has 0 unspecified atom stereocenters. The minimum Gasteiger partial charge on any atom is -0.414 e. The molecule has 1 aromatic carbocycles. The number of rotatable bonds is 6. The van der Waals surface area contributed by atoms with Gasteiger partial charge in [0.2, 0.25) is 0 Å². The van der Waals surface area contributed by atoms with Crippen molar-refractivity contribution in [3.8, 4) is 0 Å². The lowest BCUT2D eigenvalue weighted by Gasteiger charge is -2.45. The molecule has 1 saturated heterocycles. The Bertz CT molecular complexity index is 775. The van der Waals surface area contributed by atoms with E-state index in [-0.39, 0.29) is 11.6 Å². The van der Waals surface area contributed by atoms with Crippen molar-refractivity contribution >= 4 is 14.4 Å². The molecule has 7 atom stereocenters. The SMILES string of the molecule is CO[C@H]1O[C@H](CO[Si](C)(C)C(C)(C)C)[C@@H](O)[C@H](O[C@@H]2C=Cc3ccccc3[C@H]2O)[C@@H]1O. The van der Waals surface area contributed by atoms with Gasteiger partial charge < -0.3 is 34.0 Å². The number of methoxy groups -OCH3 is 1. The molecule has 0 amide bonds. The summed E-state index contributed by atoms with van der Waals surface area (Å²) in [5.74, 6) is 0. The summed E-state index contributed by atoms with van der Waals surface area (Å²) < 4.78 is 23.4. The van der Waals surface area contributed by atoms with Crippen LogP contribution in [-0.2, 0) is 18.6 Å². The van der Waals surface area contributed by atoms with Crippen molar-refractivity contribution in [2.45, 2.75) is 81.8 Å². The van der Waals surface area contributed by atoms with E-state index in [4.69, 9.17) is 18.6 Å². The molecular formula is C23H36O7Si. The molecule has 1 fully saturated rings. The van der Waals surface area contributed by atoms with E-state index in [1.807, 2.05) is 30.3 Å². The van der Waals surface area contributed by atoms with Crippen LogP contribution in [0.2, 0.25) is 18.1 Å². The number of hydrogen-bond donors (Lipinski definition) is 3. The van der Waals surface area contributed by atoms with Crippen molar-refractivity contribution in [3.05, 3.63) is 41.5 Å². The molecule has 1 aliphatic carbocycles. The zero-order valence-corrected chi connectivity index (χ0v) is 20.2. The quantitative estimate of drug-likeness (QED) is 0.571. The van der Waals surface area contributed by atoms with Gasteiger partial charge in [-0.2, -0.15) is 0 Å². The maximum atomic E-state index is 11.0. The van der Waals surface area contributed by atoms with Crippen LogP contribution in [0, 0.1) is 0 Å². The lowest BCUT2D eigenvalue weighted by Crippen LogP contribution is -2.61. The van der Waals surface area contributed by atoms with Crippen LogP contribution in [0.3, 0.4) is 0 Å². The highest BCUT2D eigenvalue weighted by molar-refractivity contribution is 6.74. The standard InChI is InChI=1S/C23H36O7Si/c1-23(2,3)31(5,6)28-13-17-19(25)21(20(26)22(27-4)30-17)29-16-12-11-14-9-7-8-10-15(14)18(16)24/h7-12,16-22,24-26H,13H2,1-6H3/t16-,17-,18-,19-,20+,21+,22+/m1/s1. The van der Waals surface area contributed by atoms with Gasteiger partial charge in [-0.3, -0.25) is 0 Å². The molecule has 0 bridgehead atoms. The van der Waals surface area contributed by atoms with E-state index in [0.29, 0.717) is 0 Å². The number of hydrogen-bond acceptors (Lipinski definition) is 7. The molecule has 3 rings (SSSR count). The summed E-state index contributed by atoms with van der Waals surface area (Å²) in [5.41, 5.74) is 1.66. The summed E-state index contributed by atoms with van der Waals surface area (Å²) in [7, 11) is -0.639. The molecule has 174 valence electrons. The van der Waals surface area contributed by atoms with E-state index in [1.165, 1.54) is 7.11 Å². The highest BCUT2D eigenvalue weighted by atomic mass is 28.4. The summed E-state index contributed by atoms with van der Waals surface area (Å²) in [6.07, 6.45) is -3.11. The molecule has 8 heteroatoms. The van der Waals surface area contributed by atoms with Crippen LogP contribution in [0.4, 0.5) is 0 Å². The van der Waals surface area contributed by atoms with Gasteiger partial charge in [-0.05, 0) is 29.3 Å². The Morgan fingerprint density at radius 2 is 1.74 bits per heavy atom. The first kappa shape index (κ1) is 24.5. The van der Waals surface area contributed by atoms with Crippen molar-refractivity contribution in [1.82, 2.24) is 0 Å². The maximum Gasteiger partial charge on any atom is 0.192 e. The van der Waals surface area contributed by atoms with Crippen molar-refractivity contribution in [1.29, 1.82) is 0 Å². The van der Waals surface area contributed by atoms with Crippen LogP contribution in [0.25, 0.3) is 6.08 Å². The number of aliphatic hydroxyl groups excluding tert-OH is 3. The number of fused-ring (bicyclic) bond motifs is 1. The third kappa shape index (κ3) is 5.12. The molecule has 0 radical (unpaired) electrons. The molecule has 31 heavy (non-hydrogen) atoms. The Kier molecular flexibility index (Phi) is 7.45. The van der Waals surface area contributed by atoms with Crippen molar-refractivity contribution in [2.24, 2.45) is 0 Å². The molecule has 3 N–H and O–H groups in total. The van der Waals surface area contributed by atoms with Gasteiger partial charge in [-0.1, -0.05) is 57.2 Å². The van der Waals surface area contributed by atoms with Gasteiger partial charge >= 0.3 is 0 Å². The van der Waals surface area contributed by atoms with Gasteiger partial charge in [-0.15, -0.1) is 0 Å². The average molecular weight is 453 g/mol. The van der Waals surface area contributed by atoms with E-state index in [9.17, 15) is 15.3 Å². The topological polar surface area (TPSA) is 97.6 Å². The van der Waals surface area contributed by atoms with Crippen LogP contribution < -0.4 is 0 Å². The fraction of sp³-hybridized carbons (Fsp3) is 0.652. The number of aliphatic hydroxyl groups is 3. The molecule has 1 aromatic rings. The van der Waals surface area contributed by atoms with Crippen molar-refractivity contribution in [2.75, 3.05) is 13.7 Å². The molecular weight excluding hydrogens is 416 g/mol. The van der Waals surface area contributed by atoms with Gasteiger partial charge in [0.1, 0.15) is 36.6 Å². The minimum atomic E-state index is -2.07. The largest absolute Gasteiger partial charge is 0.414 e. The smallest absolute Gasteiger partial charge is 0.192 e. The van der Waals surface area contributed by atoms with E-state index < -0.39 is 51.2 Å². The molecule has 0 aromatic heterocycles. The average Bonchev–Trinajstić information content (AvgIpc) is 2.71. The van der Waals surface area contributed by atoms with Crippen LogP contribution in [-0.4, -0.2) is 74.2 Å². The summed E-state index contributed by atoms with van der Waals surface area (Å²) in [6.45, 7) is 10.8. The first-order valence-corrected chi connectivity index (χ1v) is 13.7. The fourth-order valence-electron chi connectivity index (χ4n) is 3.62. The minimum absolute atomic E-state index is 0.00703. The van der Waals surface area contributed by atoms with Gasteiger partial charge in [0, 0.05) is 7.11 Å². The zero-order chi connectivity index (χ0) is 23.0. The fourth-order valence-corrected chi connectivity index (χ4v) is 4.63. The van der Waals surface area contributed by atoms with Crippen molar-refractivity contribution < 1.29 is 34.0 Å². The van der Waals surface area contributed by atoms with Gasteiger partial charge in [0.15, 0.2) is 14.6 Å². The molecule has 1 aliphatic heterocycles. The first-order chi connectivity index (χ1) is 14.5. The second-order valence-corrected chi connectivity index (χ2v) is 14.6. The Morgan fingerprint density at radius 1 is 1.06 bits per heavy atom. The zero-order valence-electron chi connectivity index (χ0n) is 19.2. The third-order valence-electron chi connectivity index (χ3n) is 6.69. The van der Waals surface area contributed by atoms with Crippen LogP contribution in [0.15, 0.2) is 30.3 Å². The van der Waals surface area contributed by atoms with E-state index in [2.05, 4.69) is 33.9 Å². The molecule has 1 heterocycles. The predicted molar refractivity (Wildman–Crippen MR) is 120 cm³/mol. The molecule has 2 aliphatic rings. The second-order valence-electron chi connectivity index (χ2n) is 9.83. The highest BCUT2D eigenvalue weighted by Gasteiger charge is 2.48. The third-order valence-corrected chi connectivity index (χ3v) is 11.2. The summed E-state index contributed by atoms with van der Waals surface area (Å²) in [4.78, 5) is 0. The van der Waals surface area contributed by atoms with E-state index in [0.717, 1.165) is 11.1 Å².